The highest BCUT2D eigenvalue weighted by Crippen LogP contribution is 2.46. The summed E-state index contributed by atoms with van der Waals surface area (Å²) in [6.45, 7) is 4.18. The van der Waals surface area contributed by atoms with Crippen molar-refractivity contribution in [2.75, 3.05) is 13.1 Å². The van der Waals surface area contributed by atoms with Crippen molar-refractivity contribution in [1.82, 2.24) is 9.88 Å². The Bertz CT molecular complexity index is 406. The first-order valence-corrected chi connectivity index (χ1v) is 6.10. The van der Waals surface area contributed by atoms with Crippen molar-refractivity contribution in [3.05, 3.63) is 29.3 Å². The highest BCUT2D eigenvalue weighted by molar-refractivity contribution is 5.28. The number of hydrogen-bond acceptors (Lipinski definition) is 2. The SMILES string of the molecule is Cc1cc(C23CCCN2CCC3)cnc1F. The first-order chi connectivity index (χ1) is 7.72. The fraction of sp³-hybridized carbons (Fsp3) is 0.615. The van der Waals surface area contributed by atoms with E-state index in [4.69, 9.17) is 0 Å². The second kappa shape index (κ2) is 3.52. The maximum Gasteiger partial charge on any atom is 0.215 e. The zero-order valence-electron chi connectivity index (χ0n) is 9.67. The summed E-state index contributed by atoms with van der Waals surface area (Å²) in [4.78, 5) is 6.44. The van der Waals surface area contributed by atoms with Crippen LogP contribution in [0.3, 0.4) is 0 Å². The molecule has 3 heteroatoms. The number of fused-ring (bicyclic) bond motifs is 1. The molecule has 1 aromatic rings. The molecule has 0 atom stereocenters. The van der Waals surface area contributed by atoms with Gasteiger partial charge in [0.2, 0.25) is 5.95 Å². The van der Waals surface area contributed by atoms with Crippen molar-refractivity contribution >= 4 is 0 Å². The molecule has 0 aliphatic carbocycles. The van der Waals surface area contributed by atoms with Crippen LogP contribution in [0.25, 0.3) is 0 Å². The molecule has 16 heavy (non-hydrogen) atoms. The first-order valence-electron chi connectivity index (χ1n) is 6.10. The van der Waals surface area contributed by atoms with Gasteiger partial charge in [0, 0.05) is 17.3 Å². The summed E-state index contributed by atoms with van der Waals surface area (Å²) in [7, 11) is 0. The number of rotatable bonds is 1. The van der Waals surface area contributed by atoms with Crippen LogP contribution in [0.2, 0.25) is 0 Å². The van der Waals surface area contributed by atoms with Crippen molar-refractivity contribution in [2.24, 2.45) is 0 Å². The van der Waals surface area contributed by atoms with Crippen LogP contribution >= 0.6 is 0 Å². The van der Waals surface area contributed by atoms with Crippen molar-refractivity contribution in [3.63, 3.8) is 0 Å². The summed E-state index contributed by atoms with van der Waals surface area (Å²) >= 11 is 0. The quantitative estimate of drug-likeness (QED) is 0.676. The molecule has 2 aliphatic heterocycles. The van der Waals surface area contributed by atoms with Gasteiger partial charge in [0.25, 0.3) is 0 Å². The van der Waals surface area contributed by atoms with Gasteiger partial charge < -0.3 is 0 Å². The van der Waals surface area contributed by atoms with E-state index in [1.54, 1.807) is 13.1 Å². The molecule has 0 bridgehead atoms. The normalized spacial score (nSPS) is 23.6. The molecule has 2 nitrogen and oxygen atoms in total. The lowest BCUT2D eigenvalue weighted by Crippen LogP contribution is -2.35. The monoisotopic (exact) mass is 220 g/mol. The van der Waals surface area contributed by atoms with Crippen molar-refractivity contribution in [2.45, 2.75) is 38.1 Å². The Kier molecular flexibility index (Phi) is 2.25. The Morgan fingerprint density at radius 2 is 2.00 bits per heavy atom. The summed E-state index contributed by atoms with van der Waals surface area (Å²) in [5, 5.41) is 0. The van der Waals surface area contributed by atoms with Crippen LogP contribution in [0.15, 0.2) is 12.3 Å². The Balaban J connectivity index is 2.04. The minimum atomic E-state index is -0.331. The minimum Gasteiger partial charge on any atom is -0.294 e. The first kappa shape index (κ1) is 10.2. The molecule has 2 saturated heterocycles. The molecule has 0 radical (unpaired) electrons. The van der Waals surface area contributed by atoms with E-state index in [1.807, 2.05) is 6.07 Å². The topological polar surface area (TPSA) is 16.1 Å². The molecule has 0 amide bonds. The molecule has 1 aromatic heterocycles. The van der Waals surface area contributed by atoms with Crippen LogP contribution in [0.1, 0.15) is 36.8 Å². The van der Waals surface area contributed by atoms with Gasteiger partial charge in [-0.25, -0.2) is 4.98 Å². The maximum absolute atomic E-state index is 13.2. The van der Waals surface area contributed by atoms with Gasteiger partial charge in [0.15, 0.2) is 0 Å². The van der Waals surface area contributed by atoms with E-state index < -0.39 is 0 Å². The summed E-state index contributed by atoms with van der Waals surface area (Å²) in [5.41, 5.74) is 2.08. The molecule has 86 valence electrons. The van der Waals surface area contributed by atoms with Crippen molar-refractivity contribution < 1.29 is 4.39 Å². The number of pyridine rings is 1. The summed E-state index contributed by atoms with van der Waals surface area (Å²) in [6.07, 6.45) is 6.68. The zero-order chi connectivity index (χ0) is 11.2. The zero-order valence-corrected chi connectivity index (χ0v) is 9.67. The maximum atomic E-state index is 13.2. The van der Waals surface area contributed by atoms with Gasteiger partial charge >= 0.3 is 0 Å². The van der Waals surface area contributed by atoms with Gasteiger partial charge in [0.1, 0.15) is 0 Å². The molecule has 2 aliphatic rings. The molecule has 0 saturated carbocycles. The van der Waals surface area contributed by atoms with Crippen LogP contribution < -0.4 is 0 Å². The van der Waals surface area contributed by atoms with E-state index in [-0.39, 0.29) is 11.5 Å². The van der Waals surface area contributed by atoms with Crippen LogP contribution in [0, 0.1) is 12.9 Å². The molecule has 3 heterocycles. The smallest absolute Gasteiger partial charge is 0.215 e. The average Bonchev–Trinajstić information content (AvgIpc) is 2.81. The molecule has 3 rings (SSSR count). The van der Waals surface area contributed by atoms with E-state index in [2.05, 4.69) is 9.88 Å². The third kappa shape index (κ3) is 1.31. The second-order valence-electron chi connectivity index (χ2n) is 5.06. The molecule has 0 aromatic carbocycles. The van der Waals surface area contributed by atoms with Gasteiger partial charge in [-0.05, 0) is 57.3 Å². The Morgan fingerprint density at radius 3 is 2.62 bits per heavy atom. The minimum absolute atomic E-state index is 0.186. The summed E-state index contributed by atoms with van der Waals surface area (Å²) in [5.74, 6) is -0.331. The number of halogens is 1. The van der Waals surface area contributed by atoms with Crippen molar-refractivity contribution in [3.8, 4) is 0 Å². The van der Waals surface area contributed by atoms with E-state index in [0.29, 0.717) is 5.56 Å². The predicted octanol–water partition coefficient (Wildman–Crippen LogP) is 2.61. The Labute approximate surface area is 95.5 Å². The fourth-order valence-electron chi connectivity index (χ4n) is 3.39. The van der Waals surface area contributed by atoms with Crippen LogP contribution in [0.5, 0.6) is 0 Å². The number of aryl methyl sites for hydroxylation is 1. The van der Waals surface area contributed by atoms with Gasteiger partial charge in [0.05, 0.1) is 0 Å². The standard InChI is InChI=1S/C13H17FN2/c1-10-8-11(9-15-12(10)14)13-4-2-6-16(13)7-3-5-13/h8-9H,2-7H2,1H3. The summed E-state index contributed by atoms with van der Waals surface area (Å²) < 4.78 is 13.2. The number of aromatic nitrogens is 1. The van der Waals surface area contributed by atoms with E-state index >= 15 is 0 Å². The lowest BCUT2D eigenvalue weighted by molar-refractivity contribution is 0.196. The molecular weight excluding hydrogens is 203 g/mol. The molecule has 2 fully saturated rings. The van der Waals surface area contributed by atoms with Gasteiger partial charge in [-0.15, -0.1) is 0 Å². The van der Waals surface area contributed by atoms with Crippen LogP contribution in [-0.2, 0) is 5.54 Å². The van der Waals surface area contributed by atoms with Gasteiger partial charge in [-0.3, -0.25) is 4.90 Å². The predicted molar refractivity (Wildman–Crippen MR) is 60.7 cm³/mol. The molecular formula is C13H17FN2. The number of hydrogen-bond donors (Lipinski definition) is 0. The highest BCUT2D eigenvalue weighted by atomic mass is 19.1. The second-order valence-corrected chi connectivity index (χ2v) is 5.06. The van der Waals surface area contributed by atoms with Crippen LogP contribution in [0.4, 0.5) is 4.39 Å². The van der Waals surface area contributed by atoms with E-state index in [0.717, 1.165) is 0 Å². The molecule has 0 N–H and O–H groups in total. The third-order valence-corrected chi connectivity index (χ3v) is 4.19. The third-order valence-electron chi connectivity index (χ3n) is 4.19. The molecule has 0 spiro atoms. The van der Waals surface area contributed by atoms with Gasteiger partial charge in [-0.1, -0.05) is 0 Å². The lowest BCUT2D eigenvalue weighted by atomic mass is 9.86. The van der Waals surface area contributed by atoms with Crippen molar-refractivity contribution in [1.29, 1.82) is 0 Å². The van der Waals surface area contributed by atoms with E-state index in [9.17, 15) is 4.39 Å². The Hall–Kier alpha value is -0.960. The average molecular weight is 220 g/mol. The summed E-state index contributed by atoms with van der Waals surface area (Å²) in [6, 6.07) is 1.99. The largest absolute Gasteiger partial charge is 0.294 e. The van der Waals surface area contributed by atoms with Gasteiger partial charge in [-0.2, -0.15) is 4.39 Å². The Morgan fingerprint density at radius 1 is 1.31 bits per heavy atom. The lowest BCUT2D eigenvalue weighted by Gasteiger charge is -2.32. The van der Waals surface area contributed by atoms with E-state index in [1.165, 1.54) is 44.3 Å². The highest BCUT2D eigenvalue weighted by Gasteiger charge is 2.45. The number of nitrogens with zero attached hydrogens (tertiary/aromatic N) is 2. The molecule has 0 unspecified atom stereocenters. The van der Waals surface area contributed by atoms with Crippen LogP contribution in [-0.4, -0.2) is 23.0 Å². The fourth-order valence-corrected chi connectivity index (χ4v) is 3.39.